The van der Waals surface area contributed by atoms with Crippen LogP contribution in [0.3, 0.4) is 0 Å². The van der Waals surface area contributed by atoms with E-state index in [0.717, 1.165) is 11.1 Å². The first-order valence-corrected chi connectivity index (χ1v) is 9.69. The first kappa shape index (κ1) is 19.2. The van der Waals surface area contributed by atoms with Crippen molar-refractivity contribution in [1.29, 1.82) is 0 Å². The van der Waals surface area contributed by atoms with E-state index in [9.17, 15) is 9.59 Å². The molecule has 0 aliphatic carbocycles. The molecule has 2 N–H and O–H groups in total. The molecule has 5 nitrogen and oxygen atoms in total. The Balaban J connectivity index is 1.67. The Morgan fingerprint density at radius 2 is 1.96 bits per heavy atom. The molecule has 1 aromatic heterocycles. The minimum atomic E-state index is -0.276. The summed E-state index contributed by atoms with van der Waals surface area (Å²) in [5, 5.41) is 3.85. The van der Waals surface area contributed by atoms with Crippen LogP contribution in [0.15, 0.2) is 64.5 Å². The zero-order valence-corrected chi connectivity index (χ0v) is 16.2. The summed E-state index contributed by atoms with van der Waals surface area (Å²) in [4.78, 5) is 31.3. The number of nitrogens with zero attached hydrogens (tertiary/aromatic N) is 1. The van der Waals surface area contributed by atoms with E-state index in [1.807, 2.05) is 43.3 Å². The van der Waals surface area contributed by atoms with Gasteiger partial charge in [-0.25, -0.2) is 4.98 Å². The zero-order valence-electron chi connectivity index (χ0n) is 14.7. The van der Waals surface area contributed by atoms with Crippen LogP contribution in [0.4, 0.5) is 5.69 Å². The fourth-order valence-corrected chi connectivity index (χ4v) is 3.48. The molecule has 0 saturated carbocycles. The zero-order chi connectivity index (χ0) is 19.2. The smallest absolute Gasteiger partial charge is 0.251 e. The van der Waals surface area contributed by atoms with Gasteiger partial charge in [0.15, 0.2) is 5.16 Å². The van der Waals surface area contributed by atoms with Crippen molar-refractivity contribution in [2.24, 2.45) is 0 Å². The summed E-state index contributed by atoms with van der Waals surface area (Å²) in [5.41, 5.74) is 2.83. The minimum Gasteiger partial charge on any atom is -0.325 e. The number of benzene rings is 2. The molecule has 1 heterocycles. The maximum Gasteiger partial charge on any atom is 0.251 e. The molecule has 0 saturated heterocycles. The first-order valence-electron chi connectivity index (χ1n) is 8.32. The van der Waals surface area contributed by atoms with Crippen molar-refractivity contribution in [3.05, 3.63) is 86.8 Å². The van der Waals surface area contributed by atoms with Crippen molar-refractivity contribution in [1.82, 2.24) is 9.97 Å². The lowest BCUT2D eigenvalue weighted by Crippen LogP contribution is -2.18. The number of aromatic amines is 1. The molecular formula is C20H18ClN3O2S. The number of H-pyrrole nitrogens is 1. The van der Waals surface area contributed by atoms with Gasteiger partial charge < -0.3 is 10.3 Å². The molecule has 0 bridgehead atoms. The fourth-order valence-electron chi connectivity index (χ4n) is 2.46. The van der Waals surface area contributed by atoms with Crippen LogP contribution in [-0.4, -0.2) is 15.9 Å². The van der Waals surface area contributed by atoms with Crippen LogP contribution in [0.1, 0.15) is 16.8 Å². The summed E-state index contributed by atoms with van der Waals surface area (Å²) in [5.74, 6) is 0.429. The van der Waals surface area contributed by atoms with Crippen molar-refractivity contribution in [3.63, 3.8) is 0 Å². The van der Waals surface area contributed by atoms with Gasteiger partial charge in [-0.2, -0.15) is 0 Å². The molecule has 0 fully saturated rings. The topological polar surface area (TPSA) is 74.8 Å². The van der Waals surface area contributed by atoms with Crippen molar-refractivity contribution in [3.8, 4) is 0 Å². The lowest BCUT2D eigenvalue weighted by Gasteiger charge is -2.09. The Morgan fingerprint density at radius 1 is 1.19 bits per heavy atom. The molecule has 0 atom stereocenters. The lowest BCUT2D eigenvalue weighted by molar-refractivity contribution is -0.115. The molecule has 0 aliphatic rings. The Bertz CT molecular complexity index is 1010. The van der Waals surface area contributed by atoms with Gasteiger partial charge in [-0.05, 0) is 30.2 Å². The van der Waals surface area contributed by atoms with Gasteiger partial charge in [0.2, 0.25) is 5.91 Å². The van der Waals surface area contributed by atoms with E-state index < -0.39 is 0 Å². The van der Waals surface area contributed by atoms with E-state index in [2.05, 4.69) is 15.3 Å². The van der Waals surface area contributed by atoms with Gasteiger partial charge in [0.1, 0.15) is 0 Å². The molecule has 0 radical (unpaired) electrons. The minimum absolute atomic E-state index is 0.00870. The number of carbonyl (C=O) groups excluding carboxylic acids is 1. The van der Waals surface area contributed by atoms with Crippen LogP contribution >= 0.6 is 23.4 Å². The van der Waals surface area contributed by atoms with Gasteiger partial charge in [-0.3, -0.25) is 9.59 Å². The Kier molecular flexibility index (Phi) is 6.32. The third kappa shape index (κ3) is 5.70. The van der Waals surface area contributed by atoms with E-state index in [-0.39, 0.29) is 17.9 Å². The van der Waals surface area contributed by atoms with Crippen molar-refractivity contribution in [2.75, 3.05) is 5.32 Å². The summed E-state index contributed by atoms with van der Waals surface area (Å²) < 4.78 is 0. The van der Waals surface area contributed by atoms with E-state index in [0.29, 0.717) is 27.3 Å². The standard InChI is InChI=1S/C20H18ClN3O2S/c1-13-7-8-15(21)9-17(13)23-18(25)10-16-11-19(26)24-20(22-16)27-12-14-5-3-2-4-6-14/h2-9,11H,10,12H2,1H3,(H,23,25)(H,22,24,26). The number of aryl methyl sites for hydroxylation is 1. The van der Waals surface area contributed by atoms with Crippen LogP contribution in [0.25, 0.3) is 0 Å². The van der Waals surface area contributed by atoms with E-state index in [1.165, 1.54) is 17.8 Å². The third-order valence-electron chi connectivity index (χ3n) is 3.81. The number of halogens is 1. The Hall–Kier alpha value is -2.57. The normalized spacial score (nSPS) is 10.6. The molecule has 138 valence electrons. The lowest BCUT2D eigenvalue weighted by atomic mass is 10.2. The summed E-state index contributed by atoms with van der Waals surface area (Å²) in [6, 6.07) is 16.5. The first-order chi connectivity index (χ1) is 13.0. The van der Waals surface area contributed by atoms with Crippen molar-refractivity contribution >= 4 is 35.0 Å². The van der Waals surface area contributed by atoms with Crippen LogP contribution in [0, 0.1) is 6.92 Å². The fraction of sp³-hybridized carbons (Fsp3) is 0.150. The van der Waals surface area contributed by atoms with Crippen LogP contribution in [0.2, 0.25) is 5.02 Å². The summed E-state index contributed by atoms with van der Waals surface area (Å²) in [7, 11) is 0. The molecule has 7 heteroatoms. The third-order valence-corrected chi connectivity index (χ3v) is 4.99. The van der Waals surface area contributed by atoms with E-state index in [1.54, 1.807) is 12.1 Å². The van der Waals surface area contributed by atoms with Gasteiger partial charge in [0.25, 0.3) is 5.56 Å². The highest BCUT2D eigenvalue weighted by Gasteiger charge is 2.10. The average molecular weight is 400 g/mol. The average Bonchev–Trinajstić information content (AvgIpc) is 2.63. The molecule has 0 unspecified atom stereocenters. The Labute approximate surface area is 166 Å². The SMILES string of the molecule is Cc1ccc(Cl)cc1NC(=O)Cc1cc(=O)[nH]c(SCc2ccccc2)n1. The maximum absolute atomic E-state index is 12.3. The monoisotopic (exact) mass is 399 g/mol. The largest absolute Gasteiger partial charge is 0.325 e. The molecule has 2 aromatic carbocycles. The van der Waals surface area contributed by atoms with Crippen LogP contribution in [0.5, 0.6) is 0 Å². The predicted molar refractivity (Wildman–Crippen MR) is 109 cm³/mol. The molecule has 27 heavy (non-hydrogen) atoms. The van der Waals surface area contributed by atoms with Gasteiger partial charge in [-0.1, -0.05) is 59.8 Å². The molecule has 0 spiro atoms. The molecular weight excluding hydrogens is 382 g/mol. The van der Waals surface area contributed by atoms with Gasteiger partial charge in [0.05, 0.1) is 12.1 Å². The number of anilines is 1. The predicted octanol–water partition coefficient (Wildman–Crippen LogP) is 4.21. The number of amides is 1. The van der Waals surface area contributed by atoms with E-state index >= 15 is 0 Å². The van der Waals surface area contributed by atoms with Crippen LogP contribution < -0.4 is 10.9 Å². The second-order valence-corrected chi connectivity index (χ2v) is 7.40. The second kappa shape index (κ2) is 8.88. The molecule has 1 amide bonds. The number of aromatic nitrogens is 2. The number of nitrogens with one attached hydrogen (secondary N) is 2. The molecule has 3 rings (SSSR count). The summed E-state index contributed by atoms with van der Waals surface area (Å²) in [6.45, 7) is 1.88. The van der Waals surface area contributed by atoms with Crippen LogP contribution in [-0.2, 0) is 17.0 Å². The highest BCUT2D eigenvalue weighted by atomic mass is 35.5. The number of thioether (sulfide) groups is 1. The maximum atomic E-state index is 12.3. The molecule has 0 aliphatic heterocycles. The highest BCUT2D eigenvalue weighted by Crippen LogP contribution is 2.21. The number of hydrogen-bond acceptors (Lipinski definition) is 4. The Morgan fingerprint density at radius 3 is 2.74 bits per heavy atom. The number of carbonyl (C=O) groups is 1. The van der Waals surface area contributed by atoms with Gasteiger partial charge in [-0.15, -0.1) is 0 Å². The number of rotatable bonds is 6. The van der Waals surface area contributed by atoms with Gasteiger partial charge in [0, 0.05) is 22.5 Å². The number of hydrogen-bond donors (Lipinski definition) is 2. The van der Waals surface area contributed by atoms with Crippen molar-refractivity contribution < 1.29 is 4.79 Å². The van der Waals surface area contributed by atoms with E-state index in [4.69, 9.17) is 11.6 Å². The summed E-state index contributed by atoms with van der Waals surface area (Å²) in [6.07, 6.45) is 0.00870. The van der Waals surface area contributed by atoms with Crippen molar-refractivity contribution in [2.45, 2.75) is 24.3 Å². The quantitative estimate of drug-likeness (QED) is 0.481. The second-order valence-electron chi connectivity index (χ2n) is 6.00. The molecule has 3 aromatic rings. The highest BCUT2D eigenvalue weighted by molar-refractivity contribution is 7.98. The van der Waals surface area contributed by atoms with Gasteiger partial charge >= 0.3 is 0 Å². The summed E-state index contributed by atoms with van der Waals surface area (Å²) >= 11 is 7.40.